The number of methoxy groups -OCH3 is 1. The first kappa shape index (κ1) is 18.4. The minimum Gasteiger partial charge on any atom is -0.469 e. The van der Waals surface area contributed by atoms with Gasteiger partial charge in [-0.05, 0) is 32.4 Å². The van der Waals surface area contributed by atoms with Gasteiger partial charge >= 0.3 is 5.97 Å². The number of carbonyl (C=O) groups excluding carboxylic acids is 1. The Morgan fingerprint density at radius 1 is 1.33 bits per heavy atom. The Bertz CT molecular complexity index is 460. The van der Waals surface area contributed by atoms with Gasteiger partial charge in [0.25, 0.3) is 0 Å². The third-order valence-electron chi connectivity index (χ3n) is 3.85. The van der Waals surface area contributed by atoms with Crippen LogP contribution in [-0.2, 0) is 19.6 Å². The lowest BCUT2D eigenvalue weighted by atomic mass is 9.93. The van der Waals surface area contributed by atoms with Crippen molar-refractivity contribution in [2.24, 2.45) is 11.3 Å². The number of ether oxygens (including phenoxy) is 1. The van der Waals surface area contributed by atoms with E-state index < -0.39 is 27.2 Å². The van der Waals surface area contributed by atoms with Gasteiger partial charge in [-0.3, -0.25) is 4.79 Å². The van der Waals surface area contributed by atoms with Crippen LogP contribution in [0.1, 0.15) is 33.1 Å². The zero-order chi connectivity index (χ0) is 16.3. The molecule has 0 aliphatic heterocycles. The van der Waals surface area contributed by atoms with Crippen molar-refractivity contribution in [3.63, 3.8) is 0 Å². The van der Waals surface area contributed by atoms with Crippen LogP contribution in [0.5, 0.6) is 0 Å². The highest BCUT2D eigenvalue weighted by Gasteiger charge is 2.42. The average Bonchev–Trinajstić information content (AvgIpc) is 2.84. The molecule has 6 nitrogen and oxygen atoms in total. The Balaban J connectivity index is 2.71. The van der Waals surface area contributed by atoms with Crippen molar-refractivity contribution in [3.05, 3.63) is 0 Å². The van der Waals surface area contributed by atoms with Crippen LogP contribution in [0.25, 0.3) is 0 Å². The molecular formula is C14H28N2O4S. The monoisotopic (exact) mass is 320 g/mol. The van der Waals surface area contributed by atoms with Crippen LogP contribution in [0, 0.1) is 11.3 Å². The Morgan fingerprint density at radius 3 is 2.48 bits per heavy atom. The van der Waals surface area contributed by atoms with Gasteiger partial charge in [-0.15, -0.1) is 0 Å². The summed E-state index contributed by atoms with van der Waals surface area (Å²) in [7, 11) is 1.72. The highest BCUT2D eigenvalue weighted by atomic mass is 32.2. The predicted molar refractivity (Wildman–Crippen MR) is 82.4 cm³/mol. The predicted octanol–water partition coefficient (Wildman–Crippen LogP) is 0.835. The number of sulfonamides is 1. The van der Waals surface area contributed by atoms with E-state index in [9.17, 15) is 13.2 Å². The van der Waals surface area contributed by atoms with Crippen LogP contribution in [-0.4, -0.2) is 58.8 Å². The molecule has 0 aromatic carbocycles. The van der Waals surface area contributed by atoms with E-state index in [1.54, 1.807) is 0 Å². The first-order valence-electron chi connectivity index (χ1n) is 7.30. The van der Waals surface area contributed by atoms with Gasteiger partial charge in [0.15, 0.2) is 0 Å². The molecule has 1 aliphatic carbocycles. The smallest absolute Gasteiger partial charge is 0.310 e. The van der Waals surface area contributed by atoms with Crippen molar-refractivity contribution in [2.75, 3.05) is 34.3 Å². The lowest BCUT2D eigenvalue weighted by Crippen LogP contribution is -2.45. The van der Waals surface area contributed by atoms with Crippen LogP contribution in [0.2, 0.25) is 0 Å². The standard InChI is InChI=1S/C14H28N2O4S/c1-14(2,10-16(3)4)9-15-21(18,19)12-8-6-7-11(12)13(17)20-5/h11-12,15H,6-10H2,1-5H3. The fourth-order valence-corrected chi connectivity index (χ4v) is 5.00. The summed E-state index contributed by atoms with van der Waals surface area (Å²) >= 11 is 0. The molecule has 124 valence electrons. The van der Waals surface area contributed by atoms with Gasteiger partial charge in [-0.2, -0.15) is 0 Å². The van der Waals surface area contributed by atoms with Crippen molar-refractivity contribution in [2.45, 2.75) is 38.4 Å². The number of hydrogen-bond acceptors (Lipinski definition) is 5. The molecule has 0 radical (unpaired) electrons. The summed E-state index contributed by atoms with van der Waals surface area (Å²) in [5, 5.41) is -0.667. The highest BCUT2D eigenvalue weighted by molar-refractivity contribution is 7.90. The van der Waals surface area contributed by atoms with E-state index in [4.69, 9.17) is 4.74 Å². The van der Waals surface area contributed by atoms with Gasteiger partial charge in [0.1, 0.15) is 0 Å². The summed E-state index contributed by atoms with van der Waals surface area (Å²) < 4.78 is 32.3. The van der Waals surface area contributed by atoms with Crippen molar-refractivity contribution < 1.29 is 17.9 Å². The molecule has 2 atom stereocenters. The molecule has 0 saturated heterocycles. The Hall–Kier alpha value is -0.660. The second-order valence-electron chi connectivity index (χ2n) is 6.87. The topological polar surface area (TPSA) is 75.7 Å². The molecule has 0 aromatic rings. The molecule has 0 spiro atoms. The van der Waals surface area contributed by atoms with Crippen LogP contribution in [0.4, 0.5) is 0 Å². The summed E-state index contributed by atoms with van der Waals surface area (Å²) in [6.45, 7) is 5.17. The number of nitrogens with zero attached hydrogens (tertiary/aromatic N) is 1. The molecule has 21 heavy (non-hydrogen) atoms. The van der Waals surface area contributed by atoms with E-state index >= 15 is 0 Å². The van der Waals surface area contributed by atoms with Gasteiger partial charge in [-0.1, -0.05) is 20.3 Å². The Kier molecular flexibility index (Phi) is 6.19. The Labute approximate surface area is 128 Å². The third kappa shape index (κ3) is 5.23. The van der Waals surface area contributed by atoms with Crippen LogP contribution < -0.4 is 4.72 Å². The molecule has 0 heterocycles. The second kappa shape index (κ2) is 7.07. The first-order chi connectivity index (χ1) is 9.59. The first-order valence-corrected chi connectivity index (χ1v) is 8.85. The zero-order valence-electron chi connectivity index (χ0n) is 13.7. The molecule has 0 bridgehead atoms. The SMILES string of the molecule is COC(=O)C1CCCC1S(=O)(=O)NCC(C)(C)CN(C)C. The van der Waals surface area contributed by atoms with Crippen LogP contribution >= 0.6 is 0 Å². The minimum absolute atomic E-state index is 0.171. The number of rotatable bonds is 7. The van der Waals surface area contributed by atoms with E-state index in [-0.39, 0.29) is 5.41 Å². The molecule has 7 heteroatoms. The highest BCUT2D eigenvalue weighted by Crippen LogP contribution is 2.32. The third-order valence-corrected chi connectivity index (χ3v) is 5.76. The Morgan fingerprint density at radius 2 is 1.95 bits per heavy atom. The van der Waals surface area contributed by atoms with E-state index in [1.165, 1.54) is 7.11 Å². The molecule has 0 aromatic heterocycles. The van der Waals surface area contributed by atoms with E-state index in [0.717, 1.165) is 13.0 Å². The molecule has 1 fully saturated rings. The number of nitrogens with one attached hydrogen (secondary N) is 1. The maximum absolute atomic E-state index is 12.5. The second-order valence-corrected chi connectivity index (χ2v) is 8.85. The molecule has 1 aliphatic rings. The van der Waals surface area contributed by atoms with E-state index in [0.29, 0.717) is 19.4 Å². The van der Waals surface area contributed by atoms with Crippen molar-refractivity contribution in [1.82, 2.24) is 9.62 Å². The average molecular weight is 320 g/mol. The summed E-state index contributed by atoms with van der Waals surface area (Å²) in [5.74, 6) is -0.958. The lowest BCUT2D eigenvalue weighted by molar-refractivity contribution is -0.145. The molecule has 1 N–H and O–H groups in total. The van der Waals surface area contributed by atoms with Gasteiger partial charge in [0.2, 0.25) is 10.0 Å². The summed E-state index contributed by atoms with van der Waals surface area (Å²) in [6.07, 6.45) is 1.84. The van der Waals surface area contributed by atoms with Crippen LogP contribution in [0.3, 0.4) is 0 Å². The number of hydrogen-bond donors (Lipinski definition) is 1. The quantitative estimate of drug-likeness (QED) is 0.703. The molecule has 1 rings (SSSR count). The van der Waals surface area contributed by atoms with Gasteiger partial charge in [0.05, 0.1) is 18.3 Å². The minimum atomic E-state index is -3.50. The fourth-order valence-electron chi connectivity index (χ4n) is 3.03. The summed E-state index contributed by atoms with van der Waals surface area (Å²) in [5.41, 5.74) is -0.171. The van der Waals surface area contributed by atoms with Gasteiger partial charge in [0, 0.05) is 13.1 Å². The molecule has 0 amide bonds. The normalized spacial score (nSPS) is 23.5. The fraction of sp³-hybridized carbons (Fsp3) is 0.929. The largest absolute Gasteiger partial charge is 0.469 e. The van der Waals surface area contributed by atoms with Crippen LogP contribution in [0.15, 0.2) is 0 Å². The lowest BCUT2D eigenvalue weighted by Gasteiger charge is -2.29. The summed E-state index contributed by atoms with van der Waals surface area (Å²) in [6, 6.07) is 0. The number of carbonyl (C=O) groups is 1. The maximum atomic E-state index is 12.5. The summed E-state index contributed by atoms with van der Waals surface area (Å²) in [4.78, 5) is 13.7. The number of esters is 1. The van der Waals surface area contributed by atoms with Crippen molar-refractivity contribution >= 4 is 16.0 Å². The zero-order valence-corrected chi connectivity index (χ0v) is 14.5. The maximum Gasteiger partial charge on any atom is 0.310 e. The molecule has 2 unspecified atom stereocenters. The van der Waals surface area contributed by atoms with Crippen molar-refractivity contribution in [1.29, 1.82) is 0 Å². The van der Waals surface area contributed by atoms with Gasteiger partial charge < -0.3 is 9.64 Å². The molecule has 1 saturated carbocycles. The van der Waals surface area contributed by atoms with Crippen molar-refractivity contribution in [3.8, 4) is 0 Å². The van der Waals surface area contributed by atoms with Gasteiger partial charge in [-0.25, -0.2) is 13.1 Å². The van der Waals surface area contributed by atoms with E-state index in [1.807, 2.05) is 32.8 Å². The molecular weight excluding hydrogens is 292 g/mol. The van der Waals surface area contributed by atoms with E-state index in [2.05, 4.69) is 4.72 Å².